The molecule has 1 saturated heterocycles. The molecule has 0 bridgehead atoms. The van der Waals surface area contributed by atoms with Crippen molar-refractivity contribution in [2.45, 2.75) is 18.9 Å². The lowest BCUT2D eigenvalue weighted by Gasteiger charge is -2.08. The first-order valence-corrected chi connectivity index (χ1v) is 5.44. The molecule has 2 aromatic rings. The maximum atomic E-state index is 12.1. The fourth-order valence-electron chi connectivity index (χ4n) is 2.07. The van der Waals surface area contributed by atoms with Crippen LogP contribution in [0.4, 0.5) is 0 Å². The Kier molecular flexibility index (Phi) is 2.18. The van der Waals surface area contributed by atoms with E-state index in [1.54, 1.807) is 0 Å². The molecule has 1 N–H and O–H groups in total. The van der Waals surface area contributed by atoms with Gasteiger partial charge in [0.15, 0.2) is 0 Å². The lowest BCUT2D eigenvalue weighted by Crippen LogP contribution is -2.35. The van der Waals surface area contributed by atoms with Gasteiger partial charge in [0, 0.05) is 0 Å². The Morgan fingerprint density at radius 3 is 3.12 bits per heavy atom. The predicted octanol–water partition coefficient (Wildman–Crippen LogP) is 0.823. The molecule has 3 rings (SSSR count). The third-order valence-electron chi connectivity index (χ3n) is 2.92. The van der Waals surface area contributed by atoms with Crippen LogP contribution in [0.25, 0.3) is 11.0 Å². The number of hydrogen-bond donors (Lipinski definition) is 1. The zero-order chi connectivity index (χ0) is 11.0. The molecule has 0 radical (unpaired) electrons. The van der Waals surface area contributed by atoms with Crippen molar-refractivity contribution in [1.82, 2.24) is 20.3 Å². The zero-order valence-electron chi connectivity index (χ0n) is 8.76. The summed E-state index contributed by atoms with van der Waals surface area (Å²) in [5, 5.41) is 11.1. The number of nitrogens with one attached hydrogen (secondary N) is 1. The molecule has 2 heterocycles. The van der Waals surface area contributed by atoms with Gasteiger partial charge in [-0.2, -0.15) is 4.68 Å². The topological polar surface area (TPSA) is 59.8 Å². The van der Waals surface area contributed by atoms with E-state index in [1.807, 2.05) is 24.3 Å². The number of fused-ring (bicyclic) bond motifs is 1. The highest BCUT2D eigenvalue weighted by molar-refractivity contribution is 5.91. The Balaban J connectivity index is 2.02. The number of hydrogen-bond acceptors (Lipinski definition) is 4. The van der Waals surface area contributed by atoms with Crippen LogP contribution in [-0.4, -0.2) is 33.5 Å². The van der Waals surface area contributed by atoms with Crippen molar-refractivity contribution >= 4 is 16.9 Å². The molecule has 0 aliphatic carbocycles. The van der Waals surface area contributed by atoms with Crippen LogP contribution in [0.15, 0.2) is 24.3 Å². The van der Waals surface area contributed by atoms with Crippen LogP contribution in [0.2, 0.25) is 0 Å². The minimum Gasteiger partial charge on any atom is -0.306 e. The van der Waals surface area contributed by atoms with Gasteiger partial charge < -0.3 is 5.32 Å². The van der Waals surface area contributed by atoms with Crippen LogP contribution in [0.1, 0.15) is 17.6 Å². The second-order valence-electron chi connectivity index (χ2n) is 3.98. The molecule has 1 aliphatic rings. The lowest BCUT2D eigenvalue weighted by molar-refractivity contribution is 0.0856. The predicted molar refractivity (Wildman–Crippen MR) is 59.2 cm³/mol. The van der Waals surface area contributed by atoms with Gasteiger partial charge in [0.2, 0.25) is 0 Å². The Morgan fingerprint density at radius 2 is 2.31 bits per heavy atom. The van der Waals surface area contributed by atoms with E-state index in [1.165, 1.54) is 4.68 Å². The van der Waals surface area contributed by atoms with E-state index < -0.39 is 0 Å². The summed E-state index contributed by atoms with van der Waals surface area (Å²) in [6.07, 6.45) is 1.93. The highest BCUT2D eigenvalue weighted by Gasteiger charge is 2.25. The summed E-state index contributed by atoms with van der Waals surface area (Å²) in [7, 11) is 0. The standard InChI is InChI=1S/C11H12N4O/c16-11(9-5-3-7-12-9)15-10-6-2-1-4-8(10)13-14-15/h1-2,4,6,9,12H,3,5,7H2. The fourth-order valence-corrected chi connectivity index (χ4v) is 2.07. The van der Waals surface area contributed by atoms with Gasteiger partial charge in [-0.05, 0) is 31.5 Å². The van der Waals surface area contributed by atoms with Crippen molar-refractivity contribution in [3.8, 4) is 0 Å². The van der Waals surface area contributed by atoms with E-state index in [-0.39, 0.29) is 11.9 Å². The lowest BCUT2D eigenvalue weighted by atomic mass is 10.2. The van der Waals surface area contributed by atoms with Gasteiger partial charge in [0.1, 0.15) is 5.52 Å². The van der Waals surface area contributed by atoms with Crippen LogP contribution >= 0.6 is 0 Å². The Bertz CT molecular complexity index is 528. The highest BCUT2D eigenvalue weighted by atomic mass is 16.2. The molecule has 82 valence electrons. The highest BCUT2D eigenvalue weighted by Crippen LogP contribution is 2.13. The molecule has 5 heteroatoms. The maximum absolute atomic E-state index is 12.1. The van der Waals surface area contributed by atoms with Crippen LogP contribution < -0.4 is 5.32 Å². The Hall–Kier alpha value is -1.75. The van der Waals surface area contributed by atoms with Crippen LogP contribution in [-0.2, 0) is 0 Å². The number of benzene rings is 1. The number of aromatic nitrogens is 3. The normalized spacial score (nSPS) is 20.4. The Morgan fingerprint density at radius 1 is 1.44 bits per heavy atom. The summed E-state index contributed by atoms with van der Waals surface area (Å²) in [6, 6.07) is 7.39. The number of nitrogens with zero attached hydrogens (tertiary/aromatic N) is 3. The summed E-state index contributed by atoms with van der Waals surface area (Å²) < 4.78 is 1.40. The van der Waals surface area contributed by atoms with Crippen molar-refractivity contribution < 1.29 is 4.79 Å². The van der Waals surface area contributed by atoms with Gasteiger partial charge >= 0.3 is 0 Å². The van der Waals surface area contributed by atoms with Gasteiger partial charge in [-0.25, -0.2) is 0 Å². The minimum atomic E-state index is -0.106. The van der Waals surface area contributed by atoms with Crippen molar-refractivity contribution in [3.63, 3.8) is 0 Å². The molecular formula is C11H12N4O. The quantitative estimate of drug-likeness (QED) is 0.766. The van der Waals surface area contributed by atoms with Crippen LogP contribution in [0.5, 0.6) is 0 Å². The number of rotatable bonds is 1. The molecule has 1 aliphatic heterocycles. The van der Waals surface area contributed by atoms with Crippen molar-refractivity contribution in [2.24, 2.45) is 0 Å². The number of carbonyl (C=O) groups is 1. The molecule has 1 aromatic heterocycles. The first-order valence-electron chi connectivity index (χ1n) is 5.44. The summed E-state index contributed by atoms with van der Waals surface area (Å²) in [5.74, 6) is -0.00815. The van der Waals surface area contributed by atoms with Crippen molar-refractivity contribution in [3.05, 3.63) is 24.3 Å². The van der Waals surface area contributed by atoms with Gasteiger partial charge in [-0.3, -0.25) is 4.79 Å². The largest absolute Gasteiger partial charge is 0.306 e. The monoisotopic (exact) mass is 216 g/mol. The molecule has 0 amide bonds. The molecular weight excluding hydrogens is 204 g/mol. The molecule has 0 saturated carbocycles. The number of para-hydroxylation sites is 1. The van der Waals surface area contributed by atoms with Crippen molar-refractivity contribution in [1.29, 1.82) is 0 Å². The van der Waals surface area contributed by atoms with E-state index in [2.05, 4.69) is 15.6 Å². The van der Waals surface area contributed by atoms with Gasteiger partial charge in [0.25, 0.3) is 5.91 Å². The molecule has 5 nitrogen and oxygen atoms in total. The molecule has 1 atom stereocenters. The summed E-state index contributed by atoms with van der Waals surface area (Å²) in [5.41, 5.74) is 1.54. The SMILES string of the molecule is O=C(C1CCCN1)n1nnc2ccccc21. The first-order chi connectivity index (χ1) is 7.86. The average Bonchev–Trinajstić information content (AvgIpc) is 2.98. The third-order valence-corrected chi connectivity index (χ3v) is 2.92. The molecule has 0 spiro atoms. The molecule has 1 unspecified atom stereocenters. The van der Waals surface area contributed by atoms with Gasteiger partial charge in [-0.15, -0.1) is 5.10 Å². The van der Waals surface area contributed by atoms with E-state index in [0.29, 0.717) is 0 Å². The maximum Gasteiger partial charge on any atom is 0.265 e. The van der Waals surface area contributed by atoms with Crippen LogP contribution in [0.3, 0.4) is 0 Å². The second kappa shape index (κ2) is 3.68. The van der Waals surface area contributed by atoms with Crippen LogP contribution in [0, 0.1) is 0 Å². The second-order valence-corrected chi connectivity index (χ2v) is 3.98. The third kappa shape index (κ3) is 1.40. The first kappa shape index (κ1) is 9.47. The van der Waals surface area contributed by atoms with E-state index in [0.717, 1.165) is 30.4 Å². The van der Waals surface area contributed by atoms with E-state index in [9.17, 15) is 4.79 Å². The zero-order valence-corrected chi connectivity index (χ0v) is 8.76. The van der Waals surface area contributed by atoms with E-state index >= 15 is 0 Å². The van der Waals surface area contributed by atoms with Gasteiger partial charge in [0.05, 0.1) is 11.6 Å². The molecule has 16 heavy (non-hydrogen) atoms. The fraction of sp³-hybridized carbons (Fsp3) is 0.364. The van der Waals surface area contributed by atoms with E-state index in [4.69, 9.17) is 0 Å². The number of carbonyl (C=O) groups excluding carboxylic acids is 1. The summed E-state index contributed by atoms with van der Waals surface area (Å²) in [6.45, 7) is 0.906. The molecule has 1 fully saturated rings. The summed E-state index contributed by atoms with van der Waals surface area (Å²) >= 11 is 0. The minimum absolute atomic E-state index is 0.00815. The smallest absolute Gasteiger partial charge is 0.265 e. The van der Waals surface area contributed by atoms with Crippen molar-refractivity contribution in [2.75, 3.05) is 6.54 Å². The summed E-state index contributed by atoms with van der Waals surface area (Å²) in [4.78, 5) is 12.1. The Labute approximate surface area is 92.4 Å². The van der Waals surface area contributed by atoms with Gasteiger partial charge in [-0.1, -0.05) is 17.3 Å². The molecule has 1 aromatic carbocycles. The average molecular weight is 216 g/mol.